The molecule has 0 saturated carbocycles. The van der Waals surface area contributed by atoms with Crippen molar-refractivity contribution in [3.8, 4) is 0 Å². The molecule has 0 spiro atoms. The zero-order chi connectivity index (χ0) is 25.2. The van der Waals surface area contributed by atoms with Crippen molar-refractivity contribution in [3.05, 3.63) is 88.3 Å². The molecule has 10 heteroatoms. The maximum atomic E-state index is 12.2. The van der Waals surface area contributed by atoms with Gasteiger partial charge in [0.1, 0.15) is 11.1 Å². The van der Waals surface area contributed by atoms with Gasteiger partial charge in [0.05, 0.1) is 17.6 Å². The van der Waals surface area contributed by atoms with Crippen molar-refractivity contribution in [3.63, 3.8) is 0 Å². The number of H-pyrrole nitrogens is 2. The molecule has 0 bridgehead atoms. The highest BCUT2D eigenvalue weighted by atomic mass is 79.9. The summed E-state index contributed by atoms with van der Waals surface area (Å²) in [6.07, 6.45) is 2.64. The van der Waals surface area contributed by atoms with Crippen molar-refractivity contribution in [1.82, 2.24) is 9.97 Å². The smallest absolute Gasteiger partial charge is 0.343 e. The quantitative estimate of drug-likeness (QED) is 0.285. The molecule has 0 amide bonds. The van der Waals surface area contributed by atoms with Gasteiger partial charge < -0.3 is 19.8 Å². The zero-order valence-corrected chi connectivity index (χ0v) is 21.6. The van der Waals surface area contributed by atoms with E-state index in [-0.39, 0.29) is 23.2 Å². The number of nitrogens with one attached hydrogen (secondary N) is 2. The van der Waals surface area contributed by atoms with E-state index in [1.54, 1.807) is 19.1 Å². The largest absolute Gasteiger partial charge is 0.477 e. The number of aromatic amines is 2. The van der Waals surface area contributed by atoms with E-state index >= 15 is 0 Å². The molecule has 2 aromatic heterocycles. The number of halogens is 2. The monoisotopic (exact) mass is 590 g/mol. The minimum atomic E-state index is -1.22. The van der Waals surface area contributed by atoms with Crippen LogP contribution in [0.3, 0.4) is 0 Å². The maximum absolute atomic E-state index is 12.2. The fraction of sp³-hybridized carbons (Fsp3) is 0.167. The van der Waals surface area contributed by atoms with Crippen molar-refractivity contribution < 1.29 is 19.4 Å². The lowest BCUT2D eigenvalue weighted by atomic mass is 10.1. The Morgan fingerprint density at radius 3 is 1.74 bits per heavy atom. The van der Waals surface area contributed by atoms with Gasteiger partial charge in [-0.05, 0) is 56.2 Å². The number of fused-ring (bicyclic) bond motifs is 2. The van der Waals surface area contributed by atoms with E-state index in [1.165, 1.54) is 12.4 Å². The second kappa shape index (κ2) is 10.4. The fourth-order valence-electron chi connectivity index (χ4n) is 3.46. The minimum Gasteiger partial charge on any atom is -0.477 e. The Morgan fingerprint density at radius 1 is 0.853 bits per heavy atom. The van der Waals surface area contributed by atoms with E-state index in [2.05, 4.69) is 41.8 Å². The number of carboxylic acids is 1. The molecule has 0 saturated heterocycles. The summed E-state index contributed by atoms with van der Waals surface area (Å²) >= 11 is 6.62. The van der Waals surface area contributed by atoms with Crippen LogP contribution in [0.25, 0.3) is 21.8 Å². The lowest BCUT2D eigenvalue weighted by molar-refractivity contribution is 0.0524. The molecule has 0 atom stereocenters. The molecule has 0 unspecified atom stereocenters. The van der Waals surface area contributed by atoms with Gasteiger partial charge in [0, 0.05) is 32.1 Å². The van der Waals surface area contributed by atoms with Gasteiger partial charge in [0.2, 0.25) is 10.9 Å². The van der Waals surface area contributed by atoms with Crippen molar-refractivity contribution in [2.24, 2.45) is 0 Å². The lowest BCUT2D eigenvalue weighted by Crippen LogP contribution is -2.18. The van der Waals surface area contributed by atoms with E-state index in [0.29, 0.717) is 16.3 Å². The first-order chi connectivity index (χ1) is 16.0. The Bertz CT molecular complexity index is 1560. The first kappa shape index (κ1) is 25.4. The summed E-state index contributed by atoms with van der Waals surface area (Å²) in [5, 5.41) is 9.69. The number of carbonyl (C=O) groups is 2. The highest BCUT2D eigenvalue weighted by Gasteiger charge is 2.15. The standard InChI is InChI=1S/C13H12BrNO3.C11H8BrNO3/c1-3-18-13(17)10-6-15-11-7(2)4-8(14)5-9(11)12(10)16;1-5-2-6(12)3-7-9(5)13-4-8(10(7)14)11(15)16/h4-6H,3H2,1-2H3,(H,15,16);2-4H,1H3,(H,13,14)(H,15,16). The summed E-state index contributed by atoms with van der Waals surface area (Å²) < 4.78 is 6.41. The fourth-order valence-corrected chi connectivity index (χ4v) is 4.60. The molecule has 34 heavy (non-hydrogen) atoms. The number of aryl methyl sites for hydroxylation is 2. The molecule has 4 rings (SSSR count). The number of carbonyl (C=O) groups excluding carboxylic acids is 1. The van der Waals surface area contributed by atoms with Crippen molar-refractivity contribution >= 4 is 65.6 Å². The number of benzene rings is 2. The van der Waals surface area contributed by atoms with Crippen LogP contribution in [0, 0.1) is 13.8 Å². The summed E-state index contributed by atoms with van der Waals surface area (Å²) in [6.45, 7) is 5.69. The normalized spacial score (nSPS) is 10.6. The number of ether oxygens (including phenoxy) is 1. The average molecular weight is 592 g/mol. The van der Waals surface area contributed by atoms with Gasteiger partial charge in [0.15, 0.2) is 0 Å². The number of pyridine rings is 2. The number of aromatic carboxylic acids is 1. The SMILES string of the molecule is CCOC(=O)c1c[nH]c2c(C)cc(Br)cc2c1=O.Cc1cc(Br)cc2c(=O)c(C(=O)O)c[nH]c12. The second-order valence-electron chi connectivity index (χ2n) is 7.38. The molecule has 2 aromatic carbocycles. The van der Waals surface area contributed by atoms with Gasteiger partial charge >= 0.3 is 11.9 Å². The van der Waals surface area contributed by atoms with Crippen molar-refractivity contribution in [1.29, 1.82) is 0 Å². The van der Waals surface area contributed by atoms with E-state index in [1.807, 2.05) is 26.0 Å². The zero-order valence-electron chi connectivity index (χ0n) is 18.4. The van der Waals surface area contributed by atoms with Crippen LogP contribution in [0.5, 0.6) is 0 Å². The molecular weight excluding hydrogens is 572 g/mol. The van der Waals surface area contributed by atoms with Gasteiger partial charge in [0.25, 0.3) is 0 Å². The van der Waals surface area contributed by atoms with Crippen LogP contribution in [0.2, 0.25) is 0 Å². The number of esters is 1. The molecule has 0 radical (unpaired) electrons. The Morgan fingerprint density at radius 2 is 1.29 bits per heavy atom. The number of carboxylic acid groups (broad SMARTS) is 1. The summed E-state index contributed by atoms with van der Waals surface area (Å²) in [5.74, 6) is -1.82. The number of hydrogen-bond donors (Lipinski definition) is 3. The third-order valence-corrected chi connectivity index (χ3v) is 5.94. The predicted octanol–water partition coefficient (Wildman–Crippen LogP) is 5.07. The highest BCUT2D eigenvalue weighted by Crippen LogP contribution is 2.21. The molecular formula is C24H20Br2N2O6. The molecule has 2 heterocycles. The van der Waals surface area contributed by atoms with Gasteiger partial charge in [-0.15, -0.1) is 0 Å². The lowest BCUT2D eigenvalue weighted by Gasteiger charge is -2.06. The maximum Gasteiger partial charge on any atom is 0.343 e. The second-order valence-corrected chi connectivity index (χ2v) is 9.21. The average Bonchev–Trinajstić information content (AvgIpc) is 2.75. The van der Waals surface area contributed by atoms with Crippen LogP contribution >= 0.6 is 31.9 Å². The molecule has 0 aliphatic heterocycles. The Hall–Kier alpha value is -3.24. The number of hydrogen-bond acceptors (Lipinski definition) is 5. The van der Waals surface area contributed by atoms with Crippen LogP contribution in [-0.2, 0) is 4.74 Å². The Kier molecular flexibility index (Phi) is 7.73. The molecule has 176 valence electrons. The van der Waals surface area contributed by atoms with E-state index < -0.39 is 17.4 Å². The van der Waals surface area contributed by atoms with Crippen LogP contribution in [0.15, 0.2) is 55.2 Å². The summed E-state index contributed by atoms with van der Waals surface area (Å²) in [5.41, 5.74) is 2.23. The van der Waals surface area contributed by atoms with E-state index in [9.17, 15) is 19.2 Å². The molecule has 4 aromatic rings. The van der Waals surface area contributed by atoms with Gasteiger partial charge in [-0.3, -0.25) is 9.59 Å². The molecule has 3 N–H and O–H groups in total. The summed E-state index contributed by atoms with van der Waals surface area (Å²) in [4.78, 5) is 52.3. The summed E-state index contributed by atoms with van der Waals surface area (Å²) in [6, 6.07) is 7.08. The van der Waals surface area contributed by atoms with E-state index in [0.717, 1.165) is 25.6 Å². The molecule has 0 aliphatic carbocycles. The number of rotatable bonds is 3. The Labute approximate surface area is 210 Å². The van der Waals surface area contributed by atoms with Crippen LogP contribution in [0.1, 0.15) is 38.8 Å². The van der Waals surface area contributed by atoms with Crippen LogP contribution in [0.4, 0.5) is 0 Å². The third kappa shape index (κ3) is 5.13. The molecule has 0 aliphatic rings. The highest BCUT2D eigenvalue weighted by molar-refractivity contribution is 9.10. The predicted molar refractivity (Wildman–Crippen MR) is 137 cm³/mol. The third-order valence-electron chi connectivity index (χ3n) is 5.03. The van der Waals surface area contributed by atoms with Crippen LogP contribution < -0.4 is 10.9 Å². The van der Waals surface area contributed by atoms with E-state index in [4.69, 9.17) is 9.84 Å². The molecule has 8 nitrogen and oxygen atoms in total. The van der Waals surface area contributed by atoms with Gasteiger partial charge in [-0.1, -0.05) is 31.9 Å². The van der Waals surface area contributed by atoms with Gasteiger partial charge in [-0.2, -0.15) is 0 Å². The van der Waals surface area contributed by atoms with Gasteiger partial charge in [-0.25, -0.2) is 9.59 Å². The van der Waals surface area contributed by atoms with Crippen molar-refractivity contribution in [2.75, 3.05) is 6.61 Å². The minimum absolute atomic E-state index is 0.0295. The number of aromatic nitrogens is 2. The Balaban J connectivity index is 0.000000192. The topological polar surface area (TPSA) is 129 Å². The van der Waals surface area contributed by atoms with Crippen molar-refractivity contribution in [2.45, 2.75) is 20.8 Å². The first-order valence-electron chi connectivity index (χ1n) is 10.1. The summed E-state index contributed by atoms with van der Waals surface area (Å²) in [7, 11) is 0. The first-order valence-corrected chi connectivity index (χ1v) is 11.7. The van der Waals surface area contributed by atoms with Crippen LogP contribution in [-0.4, -0.2) is 33.6 Å². The molecule has 0 fully saturated rings.